The van der Waals surface area contributed by atoms with Gasteiger partial charge >= 0.3 is 0 Å². The van der Waals surface area contributed by atoms with E-state index in [0.717, 1.165) is 25.7 Å². The van der Waals surface area contributed by atoms with Gasteiger partial charge in [-0.25, -0.2) is 12.8 Å². The second kappa shape index (κ2) is 10.5. The molecule has 1 amide bonds. The molecule has 3 fully saturated rings. The smallest absolute Gasteiger partial charge is 0.233 e. The Kier molecular flexibility index (Phi) is 7.68. The Bertz CT molecular complexity index is 1360. The van der Waals surface area contributed by atoms with Crippen molar-refractivity contribution >= 4 is 44.6 Å². The second-order valence-corrected chi connectivity index (χ2v) is 14.6. The third-order valence-electron chi connectivity index (χ3n) is 9.22. The van der Waals surface area contributed by atoms with E-state index in [2.05, 4.69) is 6.58 Å². The molecule has 0 bridgehead atoms. The maximum atomic E-state index is 16.3. The lowest BCUT2D eigenvalue weighted by Gasteiger charge is -2.54. The Hall–Kier alpha value is -1.93. The molecule has 2 unspecified atom stereocenters. The molecule has 2 heterocycles. The summed E-state index contributed by atoms with van der Waals surface area (Å²) in [5, 5.41) is 0.423. The van der Waals surface area contributed by atoms with Crippen molar-refractivity contribution in [1.82, 2.24) is 0 Å². The van der Waals surface area contributed by atoms with Crippen LogP contribution >= 0.6 is 23.2 Å². The highest BCUT2D eigenvalue weighted by molar-refractivity contribution is 7.92. The normalized spacial score (nSPS) is 26.6. The molecule has 0 aromatic heterocycles. The summed E-state index contributed by atoms with van der Waals surface area (Å²) in [6, 6.07) is 8.34. The molecule has 5 rings (SSSR count). The van der Waals surface area contributed by atoms with Crippen molar-refractivity contribution in [2.75, 3.05) is 18.1 Å². The Morgan fingerprint density at radius 3 is 2.33 bits per heavy atom. The zero-order valence-corrected chi connectivity index (χ0v) is 24.6. The van der Waals surface area contributed by atoms with E-state index in [-0.39, 0.29) is 65.0 Å². The molecule has 2 saturated heterocycles. The average Bonchev–Trinajstić information content (AvgIpc) is 2.92. The number of amides is 1. The first-order valence-electron chi connectivity index (χ1n) is 13.5. The molecule has 2 aliphatic heterocycles. The number of halogens is 3. The van der Waals surface area contributed by atoms with Crippen molar-refractivity contribution < 1.29 is 22.3 Å². The van der Waals surface area contributed by atoms with E-state index in [4.69, 9.17) is 27.9 Å². The zero-order chi connectivity index (χ0) is 28.2. The van der Waals surface area contributed by atoms with Gasteiger partial charge in [0.25, 0.3) is 0 Å². The van der Waals surface area contributed by atoms with Gasteiger partial charge in [0.05, 0.1) is 21.6 Å². The van der Waals surface area contributed by atoms with Gasteiger partial charge in [0.2, 0.25) is 5.91 Å². The molecule has 3 atom stereocenters. The lowest BCUT2D eigenvalue weighted by Crippen LogP contribution is -2.61. The number of piperidine rings is 1. The largest absolute Gasteiger partial charge is 0.381 e. The first-order valence-corrected chi connectivity index (χ1v) is 15.7. The van der Waals surface area contributed by atoms with E-state index in [0.29, 0.717) is 5.02 Å². The number of hydrogen-bond donors (Lipinski definition) is 0. The SMILES string of the molecule is C=C[C@@H]1C2CCCCC2C(C)(C)C(=O)N1c1c(F)cc(C2(S(=O)(=O)c3ccc(Cl)cc3)CCOCC2)cc1Cl. The molecule has 0 N–H and O–H groups in total. The molecule has 3 aliphatic rings. The second-order valence-electron chi connectivity index (χ2n) is 11.5. The summed E-state index contributed by atoms with van der Waals surface area (Å²) in [7, 11) is -3.99. The third kappa shape index (κ3) is 4.54. The lowest BCUT2D eigenvalue weighted by atomic mass is 9.59. The molecular weight excluding hydrogens is 560 g/mol. The Morgan fingerprint density at radius 1 is 1.08 bits per heavy atom. The summed E-state index contributed by atoms with van der Waals surface area (Å²) in [6.45, 7) is 8.27. The summed E-state index contributed by atoms with van der Waals surface area (Å²) in [4.78, 5) is 15.5. The van der Waals surface area contributed by atoms with Crippen molar-refractivity contribution in [3.05, 3.63) is 70.5 Å². The summed E-state index contributed by atoms with van der Waals surface area (Å²) < 4.78 is 48.5. The van der Waals surface area contributed by atoms with Crippen LogP contribution in [0, 0.1) is 23.1 Å². The van der Waals surface area contributed by atoms with E-state index in [1.54, 1.807) is 6.08 Å². The number of sulfone groups is 1. The highest BCUT2D eigenvalue weighted by Crippen LogP contribution is 2.53. The zero-order valence-electron chi connectivity index (χ0n) is 22.3. The number of ether oxygens (including phenoxy) is 1. The lowest BCUT2D eigenvalue weighted by molar-refractivity contribution is -0.136. The Balaban J connectivity index is 1.63. The summed E-state index contributed by atoms with van der Waals surface area (Å²) >= 11 is 12.8. The molecular formula is C30H34Cl2FNO4S. The highest BCUT2D eigenvalue weighted by atomic mass is 35.5. The monoisotopic (exact) mass is 593 g/mol. The molecule has 210 valence electrons. The van der Waals surface area contributed by atoms with Gasteiger partial charge in [-0.1, -0.05) is 56.0 Å². The van der Waals surface area contributed by atoms with Crippen LogP contribution in [0.1, 0.15) is 57.9 Å². The molecule has 39 heavy (non-hydrogen) atoms. The molecule has 2 aromatic carbocycles. The summed E-state index contributed by atoms with van der Waals surface area (Å²) in [6.07, 6.45) is 6.00. The van der Waals surface area contributed by atoms with Gasteiger partial charge in [0, 0.05) is 23.7 Å². The van der Waals surface area contributed by atoms with Crippen molar-refractivity contribution in [2.45, 2.75) is 68.1 Å². The van der Waals surface area contributed by atoms with Crippen LogP contribution in [0.2, 0.25) is 10.0 Å². The number of carbonyl (C=O) groups excluding carboxylic acids is 1. The number of carbonyl (C=O) groups is 1. The van der Waals surface area contributed by atoms with Crippen molar-refractivity contribution in [3.63, 3.8) is 0 Å². The number of nitrogens with zero attached hydrogens (tertiary/aromatic N) is 1. The quantitative estimate of drug-likeness (QED) is 0.340. The fraction of sp³-hybridized carbons (Fsp3) is 0.500. The van der Waals surface area contributed by atoms with Crippen LogP contribution in [-0.4, -0.2) is 33.6 Å². The van der Waals surface area contributed by atoms with Crippen LogP contribution in [-0.2, 0) is 24.1 Å². The molecule has 1 aliphatic carbocycles. The molecule has 0 spiro atoms. The van der Waals surface area contributed by atoms with Gasteiger partial charge in [0.1, 0.15) is 10.6 Å². The molecule has 2 aromatic rings. The first kappa shape index (κ1) is 28.6. The fourth-order valence-corrected chi connectivity index (χ4v) is 9.61. The minimum absolute atomic E-state index is 0.00688. The predicted octanol–water partition coefficient (Wildman–Crippen LogP) is 7.35. The van der Waals surface area contributed by atoms with E-state index in [1.165, 1.54) is 41.3 Å². The third-order valence-corrected chi connectivity index (χ3v) is 12.3. The van der Waals surface area contributed by atoms with Crippen LogP contribution in [0.4, 0.5) is 10.1 Å². The Labute approximate surface area is 240 Å². The maximum absolute atomic E-state index is 16.3. The molecule has 0 radical (unpaired) electrons. The van der Waals surface area contributed by atoms with Gasteiger partial charge in [-0.15, -0.1) is 6.58 Å². The highest BCUT2D eigenvalue weighted by Gasteiger charge is 2.54. The Morgan fingerprint density at radius 2 is 1.72 bits per heavy atom. The van der Waals surface area contributed by atoms with Gasteiger partial charge < -0.3 is 9.64 Å². The van der Waals surface area contributed by atoms with Crippen LogP contribution in [0.3, 0.4) is 0 Å². The van der Waals surface area contributed by atoms with Gasteiger partial charge in [-0.2, -0.15) is 0 Å². The van der Waals surface area contributed by atoms with E-state index < -0.39 is 31.9 Å². The van der Waals surface area contributed by atoms with Crippen molar-refractivity contribution in [1.29, 1.82) is 0 Å². The van der Waals surface area contributed by atoms with Gasteiger partial charge in [-0.05, 0) is 79.5 Å². The summed E-state index contributed by atoms with van der Waals surface area (Å²) in [5.41, 5.74) is -0.459. The number of hydrogen-bond acceptors (Lipinski definition) is 4. The van der Waals surface area contributed by atoms with Crippen LogP contribution in [0.15, 0.2) is 53.9 Å². The standard InChI is InChI=1S/C30H34Cl2FNO4S/c1-4-26-22-7-5-6-8-23(22)29(2,3)28(35)34(26)27-24(32)17-19(18-25(27)33)30(13-15-38-16-14-30)39(36,37)21-11-9-20(31)10-12-21/h4,9-12,17-18,22-23,26H,1,5-8,13-16H2,2-3H3/t22?,23?,26-/m1/s1. The topological polar surface area (TPSA) is 63.7 Å². The van der Waals surface area contributed by atoms with Crippen LogP contribution in [0.5, 0.6) is 0 Å². The maximum Gasteiger partial charge on any atom is 0.233 e. The average molecular weight is 595 g/mol. The molecule has 9 heteroatoms. The van der Waals surface area contributed by atoms with E-state index in [1.807, 2.05) is 13.8 Å². The van der Waals surface area contributed by atoms with E-state index >= 15 is 4.39 Å². The molecule has 5 nitrogen and oxygen atoms in total. The number of benzene rings is 2. The van der Waals surface area contributed by atoms with Crippen molar-refractivity contribution in [3.8, 4) is 0 Å². The van der Waals surface area contributed by atoms with Crippen LogP contribution < -0.4 is 4.90 Å². The van der Waals surface area contributed by atoms with Crippen molar-refractivity contribution in [2.24, 2.45) is 17.3 Å². The minimum Gasteiger partial charge on any atom is -0.381 e. The minimum atomic E-state index is -3.99. The molecule has 1 saturated carbocycles. The predicted molar refractivity (Wildman–Crippen MR) is 152 cm³/mol. The van der Waals surface area contributed by atoms with Crippen LogP contribution in [0.25, 0.3) is 0 Å². The fourth-order valence-electron chi connectivity index (χ4n) is 7.10. The number of fused-ring (bicyclic) bond motifs is 1. The van der Waals surface area contributed by atoms with Gasteiger partial charge in [0.15, 0.2) is 9.84 Å². The first-order chi connectivity index (χ1) is 18.5. The number of rotatable bonds is 5. The number of anilines is 1. The summed E-state index contributed by atoms with van der Waals surface area (Å²) in [5.74, 6) is -0.598. The van der Waals surface area contributed by atoms with Gasteiger partial charge in [-0.3, -0.25) is 4.79 Å². The van der Waals surface area contributed by atoms with E-state index in [9.17, 15) is 13.2 Å².